The summed E-state index contributed by atoms with van der Waals surface area (Å²) < 4.78 is 10.1. The van der Waals surface area contributed by atoms with Crippen molar-refractivity contribution in [1.29, 1.82) is 0 Å². The molecule has 4 nitrogen and oxygen atoms in total. The van der Waals surface area contributed by atoms with Gasteiger partial charge in [-0.25, -0.2) is 4.79 Å². The predicted molar refractivity (Wildman–Crippen MR) is 67.1 cm³/mol. The third-order valence-electron chi connectivity index (χ3n) is 2.56. The van der Waals surface area contributed by atoms with E-state index in [2.05, 4.69) is 4.74 Å². The molecule has 1 aromatic rings. The first-order valence-electron chi connectivity index (χ1n) is 4.93. The van der Waals surface area contributed by atoms with Crippen LogP contribution in [0.5, 0.6) is 5.75 Å². The maximum atomic E-state index is 11.5. The van der Waals surface area contributed by atoms with E-state index in [1.54, 1.807) is 6.07 Å². The minimum Gasteiger partial charge on any atom is -0.492 e. The highest BCUT2D eigenvalue weighted by atomic mass is 35.5. The van der Waals surface area contributed by atoms with E-state index >= 15 is 0 Å². The van der Waals surface area contributed by atoms with E-state index in [1.165, 1.54) is 13.2 Å². The van der Waals surface area contributed by atoms with Crippen molar-refractivity contribution in [2.45, 2.75) is 12.5 Å². The molecule has 94 valence electrons. The number of fused-ring (bicyclic) bond motifs is 1. The third-order valence-corrected chi connectivity index (χ3v) is 2.78. The van der Waals surface area contributed by atoms with Crippen molar-refractivity contribution in [2.24, 2.45) is 5.73 Å². The van der Waals surface area contributed by atoms with E-state index in [0.717, 1.165) is 5.56 Å². The van der Waals surface area contributed by atoms with Crippen LogP contribution >= 0.6 is 24.0 Å². The molecule has 0 aliphatic carbocycles. The van der Waals surface area contributed by atoms with Gasteiger partial charge in [0.05, 0.1) is 13.7 Å². The summed E-state index contributed by atoms with van der Waals surface area (Å²) in [5, 5.41) is 0.458. The van der Waals surface area contributed by atoms with Crippen molar-refractivity contribution in [1.82, 2.24) is 0 Å². The van der Waals surface area contributed by atoms with Crippen LogP contribution in [-0.4, -0.2) is 19.7 Å². The van der Waals surface area contributed by atoms with Crippen LogP contribution in [0.2, 0.25) is 5.02 Å². The molecule has 1 aliphatic rings. The second kappa shape index (κ2) is 5.58. The van der Waals surface area contributed by atoms with E-state index in [0.29, 0.717) is 29.4 Å². The average Bonchev–Trinajstić information content (AvgIpc) is 2.28. The van der Waals surface area contributed by atoms with Crippen LogP contribution in [0.15, 0.2) is 12.1 Å². The zero-order valence-electron chi connectivity index (χ0n) is 9.23. The SMILES string of the molecule is COC(=O)c1cc(Cl)cc2c1OCC[C@H]2N.Cl. The van der Waals surface area contributed by atoms with Gasteiger partial charge in [-0.3, -0.25) is 0 Å². The summed E-state index contributed by atoms with van der Waals surface area (Å²) in [5.74, 6) is 0.0304. The minimum absolute atomic E-state index is 0. The summed E-state index contributed by atoms with van der Waals surface area (Å²) in [4.78, 5) is 11.5. The second-order valence-electron chi connectivity index (χ2n) is 3.61. The summed E-state index contributed by atoms with van der Waals surface area (Å²) in [6.07, 6.45) is 0.716. The van der Waals surface area contributed by atoms with Gasteiger partial charge in [0.15, 0.2) is 0 Å². The number of ether oxygens (including phenoxy) is 2. The first-order valence-corrected chi connectivity index (χ1v) is 5.31. The molecule has 0 amide bonds. The quantitative estimate of drug-likeness (QED) is 0.801. The van der Waals surface area contributed by atoms with Gasteiger partial charge in [0, 0.05) is 23.0 Å². The van der Waals surface area contributed by atoms with Gasteiger partial charge in [0.25, 0.3) is 0 Å². The Hall–Kier alpha value is -0.970. The Bertz CT molecular complexity index is 437. The van der Waals surface area contributed by atoms with E-state index in [9.17, 15) is 4.79 Å². The summed E-state index contributed by atoms with van der Waals surface area (Å²) in [7, 11) is 1.32. The third kappa shape index (κ3) is 2.65. The van der Waals surface area contributed by atoms with Crippen LogP contribution in [0.3, 0.4) is 0 Å². The van der Waals surface area contributed by atoms with Crippen molar-refractivity contribution in [2.75, 3.05) is 13.7 Å². The number of hydrogen-bond donors (Lipinski definition) is 1. The van der Waals surface area contributed by atoms with Crippen molar-refractivity contribution in [3.63, 3.8) is 0 Å². The highest BCUT2D eigenvalue weighted by molar-refractivity contribution is 6.31. The van der Waals surface area contributed by atoms with Gasteiger partial charge >= 0.3 is 5.97 Å². The first kappa shape index (κ1) is 14.1. The standard InChI is InChI=1S/C11H12ClNO3.ClH/c1-15-11(14)8-5-6(12)4-7-9(13)2-3-16-10(7)8;/h4-5,9H,2-3,13H2,1H3;1H/t9-;/m1./s1. The molecule has 1 aromatic carbocycles. The number of benzene rings is 1. The Labute approximate surface area is 110 Å². The smallest absolute Gasteiger partial charge is 0.341 e. The number of nitrogens with two attached hydrogens (primary N) is 1. The Balaban J connectivity index is 0.00000144. The topological polar surface area (TPSA) is 61.5 Å². The molecular weight excluding hydrogens is 265 g/mol. The largest absolute Gasteiger partial charge is 0.492 e. The van der Waals surface area contributed by atoms with Gasteiger partial charge in [-0.15, -0.1) is 12.4 Å². The van der Waals surface area contributed by atoms with E-state index < -0.39 is 5.97 Å². The zero-order valence-corrected chi connectivity index (χ0v) is 10.8. The van der Waals surface area contributed by atoms with Crippen LogP contribution < -0.4 is 10.5 Å². The lowest BCUT2D eigenvalue weighted by Crippen LogP contribution is -2.22. The summed E-state index contributed by atoms with van der Waals surface area (Å²) in [5.41, 5.74) is 7.03. The molecule has 1 aliphatic heterocycles. The Morgan fingerprint density at radius 3 is 2.94 bits per heavy atom. The maximum absolute atomic E-state index is 11.5. The molecule has 0 saturated heterocycles. The van der Waals surface area contributed by atoms with Crippen molar-refractivity contribution < 1.29 is 14.3 Å². The van der Waals surface area contributed by atoms with Gasteiger partial charge in [-0.1, -0.05) is 11.6 Å². The molecule has 1 atom stereocenters. The van der Waals surface area contributed by atoms with Gasteiger partial charge in [0.1, 0.15) is 11.3 Å². The molecular formula is C11H13Cl2NO3. The Kier molecular flexibility index (Phi) is 4.62. The Morgan fingerprint density at radius 1 is 1.59 bits per heavy atom. The first-order chi connectivity index (χ1) is 7.63. The molecule has 0 aromatic heterocycles. The molecule has 2 rings (SSSR count). The van der Waals surface area contributed by atoms with Crippen molar-refractivity contribution in [3.05, 3.63) is 28.3 Å². The monoisotopic (exact) mass is 277 g/mol. The van der Waals surface area contributed by atoms with Gasteiger partial charge < -0.3 is 15.2 Å². The minimum atomic E-state index is -0.465. The van der Waals surface area contributed by atoms with E-state index in [4.69, 9.17) is 22.1 Å². The van der Waals surface area contributed by atoms with E-state index in [1.807, 2.05) is 0 Å². The maximum Gasteiger partial charge on any atom is 0.341 e. The second-order valence-corrected chi connectivity index (χ2v) is 4.04. The molecule has 0 spiro atoms. The molecule has 0 fully saturated rings. The van der Waals surface area contributed by atoms with Crippen LogP contribution in [-0.2, 0) is 4.74 Å². The molecule has 0 unspecified atom stereocenters. The molecule has 0 saturated carbocycles. The van der Waals surface area contributed by atoms with Gasteiger partial charge in [-0.05, 0) is 12.1 Å². The van der Waals surface area contributed by atoms with Crippen molar-refractivity contribution in [3.8, 4) is 5.75 Å². The predicted octanol–water partition coefficient (Wildman–Crippen LogP) is 2.33. The Morgan fingerprint density at radius 2 is 2.29 bits per heavy atom. The van der Waals surface area contributed by atoms with Gasteiger partial charge in [0.2, 0.25) is 0 Å². The zero-order chi connectivity index (χ0) is 11.7. The number of carbonyl (C=O) groups is 1. The van der Waals surface area contributed by atoms with Crippen LogP contribution in [0, 0.1) is 0 Å². The highest BCUT2D eigenvalue weighted by Crippen LogP contribution is 2.36. The number of hydrogen-bond acceptors (Lipinski definition) is 4. The molecule has 6 heteroatoms. The lowest BCUT2D eigenvalue weighted by atomic mass is 9.98. The van der Waals surface area contributed by atoms with E-state index in [-0.39, 0.29) is 18.4 Å². The number of halogens is 2. The van der Waals surface area contributed by atoms with Crippen LogP contribution in [0.25, 0.3) is 0 Å². The molecule has 1 heterocycles. The lowest BCUT2D eigenvalue weighted by molar-refractivity contribution is 0.0594. The summed E-state index contributed by atoms with van der Waals surface area (Å²) in [6, 6.07) is 3.11. The number of methoxy groups -OCH3 is 1. The van der Waals surface area contributed by atoms with Crippen LogP contribution in [0.1, 0.15) is 28.4 Å². The lowest BCUT2D eigenvalue weighted by Gasteiger charge is -2.24. The van der Waals surface area contributed by atoms with Crippen molar-refractivity contribution >= 4 is 30.0 Å². The summed E-state index contributed by atoms with van der Waals surface area (Å²) >= 11 is 5.93. The summed E-state index contributed by atoms with van der Waals surface area (Å²) in [6.45, 7) is 0.500. The fourth-order valence-corrected chi connectivity index (χ4v) is 1.98. The number of esters is 1. The molecule has 0 bridgehead atoms. The highest BCUT2D eigenvalue weighted by Gasteiger charge is 2.25. The normalized spacial score (nSPS) is 17.5. The fourth-order valence-electron chi connectivity index (χ4n) is 1.76. The van der Waals surface area contributed by atoms with Gasteiger partial charge in [-0.2, -0.15) is 0 Å². The molecule has 2 N–H and O–H groups in total. The average molecular weight is 278 g/mol. The molecule has 17 heavy (non-hydrogen) atoms. The number of carbonyl (C=O) groups excluding carboxylic acids is 1. The van der Waals surface area contributed by atoms with Crippen LogP contribution in [0.4, 0.5) is 0 Å². The molecule has 0 radical (unpaired) electrons. The number of rotatable bonds is 1. The fraction of sp³-hybridized carbons (Fsp3) is 0.364.